The van der Waals surface area contributed by atoms with E-state index in [2.05, 4.69) is 21.9 Å². The number of halogens is 2. The van der Waals surface area contributed by atoms with Crippen molar-refractivity contribution in [3.8, 4) is 11.8 Å². The minimum Gasteiger partial charge on any atom is -0.467 e. The molecule has 2 atom stereocenters. The molecule has 0 fully saturated rings. The van der Waals surface area contributed by atoms with Crippen LogP contribution in [0.25, 0.3) is 0 Å². The van der Waals surface area contributed by atoms with E-state index in [4.69, 9.17) is 5.73 Å². The zero-order valence-electron chi connectivity index (χ0n) is 15.8. The number of anilines is 1. The number of hydrogen-bond acceptors (Lipinski definition) is 5. The van der Waals surface area contributed by atoms with Crippen molar-refractivity contribution < 1.29 is 28.2 Å². The van der Waals surface area contributed by atoms with Crippen molar-refractivity contribution in [2.75, 3.05) is 12.8 Å². The largest absolute Gasteiger partial charge is 0.467 e. The second kappa shape index (κ2) is 9.17. The number of aliphatic hydroxyl groups is 1. The Hall–Kier alpha value is -3.44. The molecular weight excluding hydrogens is 382 g/mol. The highest BCUT2D eigenvalue weighted by Gasteiger charge is 2.46. The number of hydrogen-bond donors (Lipinski definition) is 3. The average molecular weight is 402 g/mol. The number of esters is 1. The molecule has 0 aliphatic heterocycles. The van der Waals surface area contributed by atoms with Crippen LogP contribution < -0.4 is 11.1 Å². The third-order valence-corrected chi connectivity index (χ3v) is 4.19. The molecule has 0 spiro atoms. The Morgan fingerprint density at radius 1 is 1.14 bits per heavy atom. The first kappa shape index (κ1) is 21.9. The predicted octanol–water partition coefficient (Wildman–Crippen LogP) is 1.96. The lowest BCUT2D eigenvalue weighted by atomic mass is 9.96. The molecular formula is C21H20F2N2O4. The van der Waals surface area contributed by atoms with E-state index in [9.17, 15) is 23.5 Å². The number of rotatable bonds is 5. The first-order valence-electron chi connectivity index (χ1n) is 8.52. The zero-order chi connectivity index (χ0) is 21.6. The summed E-state index contributed by atoms with van der Waals surface area (Å²) in [5.41, 5.74) is 4.90. The van der Waals surface area contributed by atoms with Crippen LogP contribution in [-0.4, -0.2) is 42.2 Å². The van der Waals surface area contributed by atoms with Crippen molar-refractivity contribution in [1.29, 1.82) is 0 Å². The Kier molecular flexibility index (Phi) is 6.91. The fraction of sp³-hybridized carbons (Fsp3) is 0.238. The second-order valence-corrected chi connectivity index (χ2v) is 6.37. The molecule has 2 aromatic rings. The van der Waals surface area contributed by atoms with Crippen molar-refractivity contribution in [2.24, 2.45) is 0 Å². The molecule has 0 aliphatic rings. The molecule has 0 saturated heterocycles. The molecule has 0 radical (unpaired) electrons. The Balaban J connectivity index is 2.17. The number of alkyl halides is 2. The van der Waals surface area contributed by atoms with Crippen LogP contribution in [0.15, 0.2) is 48.5 Å². The smallest absolute Gasteiger partial charge is 0.331 e. The maximum atomic E-state index is 13.1. The molecule has 0 bridgehead atoms. The summed E-state index contributed by atoms with van der Waals surface area (Å²) >= 11 is 0. The van der Waals surface area contributed by atoms with Gasteiger partial charge < -0.3 is 20.9 Å². The van der Waals surface area contributed by atoms with E-state index < -0.39 is 29.9 Å². The predicted molar refractivity (Wildman–Crippen MR) is 103 cm³/mol. The highest BCUT2D eigenvalue weighted by molar-refractivity contribution is 5.97. The molecule has 29 heavy (non-hydrogen) atoms. The molecule has 4 N–H and O–H groups in total. The molecule has 0 aromatic heterocycles. The van der Waals surface area contributed by atoms with Crippen LogP contribution in [0.4, 0.5) is 14.5 Å². The van der Waals surface area contributed by atoms with Gasteiger partial charge in [0.25, 0.3) is 12.3 Å². The summed E-state index contributed by atoms with van der Waals surface area (Å²) < 4.78 is 30.6. The van der Waals surface area contributed by atoms with E-state index in [0.29, 0.717) is 16.8 Å². The van der Waals surface area contributed by atoms with Gasteiger partial charge in [0.2, 0.25) is 0 Å². The van der Waals surface area contributed by atoms with Crippen LogP contribution in [-0.2, 0) is 9.53 Å². The van der Waals surface area contributed by atoms with Crippen molar-refractivity contribution in [2.45, 2.75) is 25.0 Å². The third kappa shape index (κ3) is 5.30. The second-order valence-electron chi connectivity index (χ2n) is 6.37. The van der Waals surface area contributed by atoms with Crippen LogP contribution in [0.3, 0.4) is 0 Å². The Morgan fingerprint density at radius 3 is 2.31 bits per heavy atom. The number of ether oxygens (including phenoxy) is 1. The molecule has 2 rings (SSSR count). The van der Waals surface area contributed by atoms with Gasteiger partial charge in [-0.1, -0.05) is 24.0 Å². The van der Waals surface area contributed by atoms with E-state index in [-0.39, 0.29) is 5.56 Å². The van der Waals surface area contributed by atoms with E-state index >= 15 is 0 Å². The standard InChI is InChI=1S/C21H20F2N2O4/c1-21(28,20(22)23)17(19(27)29-2)25-18(26)15-11-8-13(9-12-15)7-10-14-5-3-4-6-16(14)24/h3-6,8-9,11-12,17,20,28H,24H2,1-2H3,(H,25,26)/t17-,21+/m1/s1. The normalized spacial score (nSPS) is 13.6. The zero-order valence-corrected chi connectivity index (χ0v) is 15.8. The van der Waals surface area contributed by atoms with Crippen molar-refractivity contribution in [3.05, 3.63) is 65.2 Å². The van der Waals surface area contributed by atoms with Gasteiger partial charge in [0.05, 0.1) is 7.11 Å². The Morgan fingerprint density at radius 2 is 1.76 bits per heavy atom. The Labute approximate surface area is 166 Å². The first-order valence-corrected chi connectivity index (χ1v) is 8.52. The van der Waals surface area contributed by atoms with Crippen molar-refractivity contribution in [1.82, 2.24) is 5.32 Å². The highest BCUT2D eigenvalue weighted by Crippen LogP contribution is 2.21. The summed E-state index contributed by atoms with van der Waals surface area (Å²) in [6, 6.07) is 11.1. The molecule has 1 amide bonds. The molecule has 6 nitrogen and oxygen atoms in total. The van der Waals surface area contributed by atoms with Crippen molar-refractivity contribution in [3.63, 3.8) is 0 Å². The molecule has 2 aromatic carbocycles. The van der Waals surface area contributed by atoms with Crippen LogP contribution in [0.5, 0.6) is 0 Å². The number of benzene rings is 2. The molecule has 0 saturated carbocycles. The highest BCUT2D eigenvalue weighted by atomic mass is 19.3. The molecule has 8 heteroatoms. The summed E-state index contributed by atoms with van der Waals surface area (Å²) in [5, 5.41) is 12.0. The number of nitrogens with one attached hydrogen (secondary N) is 1. The van der Waals surface area contributed by atoms with Gasteiger partial charge in [-0.05, 0) is 43.3 Å². The summed E-state index contributed by atoms with van der Waals surface area (Å²) in [6.07, 6.45) is -3.28. The first-order chi connectivity index (χ1) is 13.7. The number of nitrogen functional groups attached to an aromatic ring is 1. The van der Waals surface area contributed by atoms with Gasteiger partial charge >= 0.3 is 5.97 Å². The van der Waals surface area contributed by atoms with E-state index in [1.165, 1.54) is 12.1 Å². The van der Waals surface area contributed by atoms with E-state index in [1.54, 1.807) is 36.4 Å². The van der Waals surface area contributed by atoms with Crippen LogP contribution in [0.2, 0.25) is 0 Å². The number of carbonyl (C=O) groups excluding carboxylic acids is 2. The van der Waals surface area contributed by atoms with Crippen molar-refractivity contribution >= 4 is 17.6 Å². The third-order valence-electron chi connectivity index (χ3n) is 4.19. The van der Waals surface area contributed by atoms with E-state index in [0.717, 1.165) is 14.0 Å². The minimum atomic E-state index is -3.28. The van der Waals surface area contributed by atoms with Gasteiger partial charge in [-0.2, -0.15) is 0 Å². The fourth-order valence-electron chi connectivity index (χ4n) is 2.36. The molecule has 0 unspecified atom stereocenters. The number of methoxy groups -OCH3 is 1. The van der Waals surface area contributed by atoms with Gasteiger partial charge in [-0.15, -0.1) is 0 Å². The number of para-hydroxylation sites is 1. The molecule has 0 heterocycles. The number of amides is 1. The Bertz CT molecular complexity index is 947. The summed E-state index contributed by atoms with van der Waals surface area (Å²) in [4.78, 5) is 24.1. The minimum absolute atomic E-state index is 0.0914. The van der Waals surface area contributed by atoms with Gasteiger partial charge in [-0.3, -0.25) is 4.79 Å². The van der Waals surface area contributed by atoms with Crippen LogP contribution in [0.1, 0.15) is 28.4 Å². The average Bonchev–Trinajstić information content (AvgIpc) is 2.70. The van der Waals surface area contributed by atoms with Gasteiger partial charge in [-0.25, -0.2) is 13.6 Å². The topological polar surface area (TPSA) is 102 Å². The van der Waals surface area contributed by atoms with Gasteiger partial charge in [0.1, 0.15) is 0 Å². The number of carbonyl (C=O) groups is 2. The summed E-state index contributed by atoms with van der Waals surface area (Å²) in [5.74, 6) is 3.80. The SMILES string of the molecule is COC(=O)[C@@H](NC(=O)c1ccc(C#Cc2ccccc2N)cc1)[C@](C)(O)C(F)F. The maximum Gasteiger partial charge on any atom is 0.331 e. The van der Waals surface area contributed by atoms with E-state index in [1.807, 2.05) is 0 Å². The van der Waals surface area contributed by atoms with Crippen LogP contribution in [0, 0.1) is 11.8 Å². The molecule has 0 aliphatic carbocycles. The maximum absolute atomic E-state index is 13.1. The van der Waals surface area contributed by atoms with Crippen LogP contribution >= 0.6 is 0 Å². The quantitative estimate of drug-likeness (QED) is 0.403. The lowest BCUT2D eigenvalue weighted by Crippen LogP contribution is -2.59. The lowest BCUT2D eigenvalue weighted by Gasteiger charge is -2.30. The summed E-state index contributed by atoms with van der Waals surface area (Å²) in [7, 11) is 0.968. The fourth-order valence-corrected chi connectivity index (χ4v) is 2.36. The number of nitrogens with two attached hydrogens (primary N) is 1. The monoisotopic (exact) mass is 402 g/mol. The lowest BCUT2D eigenvalue weighted by molar-refractivity contribution is -0.160. The van der Waals surface area contributed by atoms with Gasteiger partial charge in [0.15, 0.2) is 11.6 Å². The molecule has 152 valence electrons. The van der Waals surface area contributed by atoms with Gasteiger partial charge in [0, 0.05) is 22.4 Å². The summed E-state index contributed by atoms with van der Waals surface area (Å²) in [6.45, 7) is 0.744.